The Kier molecular flexibility index (Phi) is 3.80. The van der Waals surface area contributed by atoms with Crippen LogP contribution in [-0.4, -0.2) is 19.7 Å². The quantitative estimate of drug-likeness (QED) is 0.789. The highest BCUT2D eigenvalue weighted by Gasteiger charge is 2.15. The molecule has 88 valence electrons. The SMILES string of the molecule is Cc1ccc(OCCC2CNC2)cc1CN. The van der Waals surface area contributed by atoms with Gasteiger partial charge in [0.15, 0.2) is 0 Å². The molecule has 0 amide bonds. The Hall–Kier alpha value is -1.06. The van der Waals surface area contributed by atoms with Gasteiger partial charge in [0, 0.05) is 6.54 Å². The number of hydrogen-bond donors (Lipinski definition) is 2. The first-order valence-corrected chi connectivity index (χ1v) is 5.92. The lowest BCUT2D eigenvalue weighted by Crippen LogP contribution is -2.42. The van der Waals surface area contributed by atoms with Crippen LogP contribution in [0.3, 0.4) is 0 Å². The fourth-order valence-corrected chi connectivity index (χ4v) is 1.85. The maximum atomic E-state index is 5.73. The van der Waals surface area contributed by atoms with Gasteiger partial charge in [-0.15, -0.1) is 0 Å². The van der Waals surface area contributed by atoms with Gasteiger partial charge in [0.2, 0.25) is 0 Å². The Morgan fingerprint density at radius 2 is 2.25 bits per heavy atom. The summed E-state index contributed by atoms with van der Waals surface area (Å²) in [6.45, 7) is 5.75. The zero-order valence-electron chi connectivity index (χ0n) is 9.83. The molecular weight excluding hydrogens is 200 g/mol. The van der Waals surface area contributed by atoms with Crippen molar-refractivity contribution in [3.63, 3.8) is 0 Å². The largest absolute Gasteiger partial charge is 0.494 e. The van der Waals surface area contributed by atoms with Gasteiger partial charge in [-0.25, -0.2) is 0 Å². The van der Waals surface area contributed by atoms with E-state index in [0.29, 0.717) is 6.54 Å². The summed E-state index contributed by atoms with van der Waals surface area (Å²) in [4.78, 5) is 0. The summed E-state index contributed by atoms with van der Waals surface area (Å²) >= 11 is 0. The molecule has 1 aliphatic heterocycles. The first-order chi connectivity index (χ1) is 7.79. The zero-order chi connectivity index (χ0) is 11.4. The van der Waals surface area contributed by atoms with Gasteiger partial charge in [0.25, 0.3) is 0 Å². The minimum Gasteiger partial charge on any atom is -0.494 e. The van der Waals surface area contributed by atoms with Crippen molar-refractivity contribution >= 4 is 0 Å². The second-order valence-electron chi connectivity index (χ2n) is 4.45. The number of nitrogens with one attached hydrogen (secondary N) is 1. The molecule has 1 fully saturated rings. The van der Waals surface area contributed by atoms with Crippen molar-refractivity contribution in [1.82, 2.24) is 5.32 Å². The smallest absolute Gasteiger partial charge is 0.119 e. The van der Waals surface area contributed by atoms with Crippen LogP contribution < -0.4 is 15.8 Å². The van der Waals surface area contributed by atoms with Gasteiger partial charge < -0.3 is 15.8 Å². The molecule has 0 saturated carbocycles. The summed E-state index contributed by atoms with van der Waals surface area (Å²) in [5.74, 6) is 1.75. The van der Waals surface area contributed by atoms with Crippen LogP contribution in [0, 0.1) is 12.8 Å². The van der Waals surface area contributed by atoms with Crippen LogP contribution in [-0.2, 0) is 6.54 Å². The molecule has 1 aromatic rings. The molecule has 16 heavy (non-hydrogen) atoms. The Bertz CT molecular complexity index is 348. The number of aryl methyl sites for hydroxylation is 1. The molecule has 0 bridgehead atoms. The van der Waals surface area contributed by atoms with Gasteiger partial charge in [0.05, 0.1) is 6.61 Å². The van der Waals surface area contributed by atoms with E-state index in [-0.39, 0.29) is 0 Å². The van der Waals surface area contributed by atoms with Crippen LogP contribution in [0.15, 0.2) is 18.2 Å². The highest BCUT2D eigenvalue weighted by atomic mass is 16.5. The second kappa shape index (κ2) is 5.32. The summed E-state index contributed by atoms with van der Waals surface area (Å²) < 4.78 is 5.73. The lowest BCUT2D eigenvalue weighted by atomic mass is 10.0. The van der Waals surface area contributed by atoms with Gasteiger partial charge >= 0.3 is 0 Å². The Labute approximate surface area is 97.0 Å². The first kappa shape index (κ1) is 11.4. The fourth-order valence-electron chi connectivity index (χ4n) is 1.85. The third kappa shape index (κ3) is 2.74. The van der Waals surface area contributed by atoms with Crippen molar-refractivity contribution < 1.29 is 4.74 Å². The average molecular weight is 220 g/mol. The molecule has 1 aliphatic rings. The van der Waals surface area contributed by atoms with Crippen LogP contribution >= 0.6 is 0 Å². The molecule has 0 aromatic heterocycles. The zero-order valence-corrected chi connectivity index (χ0v) is 9.83. The van der Waals surface area contributed by atoms with Crippen molar-refractivity contribution in [2.75, 3.05) is 19.7 Å². The number of benzene rings is 1. The molecule has 0 aliphatic carbocycles. The summed E-state index contributed by atoms with van der Waals surface area (Å²) in [7, 11) is 0. The van der Waals surface area contributed by atoms with Gasteiger partial charge in [0.1, 0.15) is 5.75 Å². The highest BCUT2D eigenvalue weighted by Crippen LogP contribution is 2.18. The molecule has 3 heteroatoms. The number of rotatable bonds is 5. The summed E-state index contributed by atoms with van der Waals surface area (Å²) in [5.41, 5.74) is 8.07. The van der Waals surface area contributed by atoms with E-state index in [4.69, 9.17) is 10.5 Å². The molecule has 0 spiro atoms. The van der Waals surface area contributed by atoms with Crippen molar-refractivity contribution in [1.29, 1.82) is 0 Å². The van der Waals surface area contributed by atoms with Crippen LogP contribution in [0.2, 0.25) is 0 Å². The van der Waals surface area contributed by atoms with Crippen molar-refractivity contribution in [2.24, 2.45) is 11.7 Å². The molecule has 0 unspecified atom stereocenters. The van der Waals surface area contributed by atoms with Crippen molar-refractivity contribution in [2.45, 2.75) is 19.9 Å². The predicted molar refractivity (Wildman–Crippen MR) is 65.5 cm³/mol. The van der Waals surface area contributed by atoms with Gasteiger partial charge in [-0.3, -0.25) is 0 Å². The standard InChI is InChI=1S/C13H20N2O/c1-10-2-3-13(6-12(10)7-14)16-5-4-11-8-15-9-11/h2-3,6,11,15H,4-5,7-9,14H2,1H3. The lowest BCUT2D eigenvalue weighted by molar-refractivity contribution is 0.238. The summed E-state index contributed by atoms with van der Waals surface area (Å²) in [5, 5.41) is 3.26. The Balaban J connectivity index is 1.83. The van der Waals surface area contributed by atoms with Crippen LogP contribution in [0.4, 0.5) is 0 Å². The van der Waals surface area contributed by atoms with E-state index in [9.17, 15) is 0 Å². The molecule has 0 radical (unpaired) electrons. The van der Waals surface area contributed by atoms with E-state index < -0.39 is 0 Å². The van der Waals surface area contributed by atoms with Gasteiger partial charge in [-0.1, -0.05) is 6.07 Å². The predicted octanol–water partition coefficient (Wildman–Crippen LogP) is 1.44. The third-order valence-corrected chi connectivity index (χ3v) is 3.20. The maximum Gasteiger partial charge on any atom is 0.119 e. The molecular formula is C13H20N2O. The van der Waals surface area contributed by atoms with E-state index in [1.54, 1.807) is 0 Å². The molecule has 0 atom stereocenters. The molecule has 3 N–H and O–H groups in total. The number of hydrogen-bond acceptors (Lipinski definition) is 3. The van der Waals surface area contributed by atoms with Crippen LogP contribution in [0.1, 0.15) is 17.5 Å². The van der Waals surface area contributed by atoms with E-state index in [0.717, 1.165) is 37.8 Å². The van der Waals surface area contributed by atoms with E-state index in [1.165, 1.54) is 11.1 Å². The van der Waals surface area contributed by atoms with Gasteiger partial charge in [-0.05, 0) is 55.6 Å². The average Bonchev–Trinajstić information content (AvgIpc) is 2.24. The summed E-state index contributed by atoms with van der Waals surface area (Å²) in [6, 6.07) is 6.14. The van der Waals surface area contributed by atoms with Crippen LogP contribution in [0.25, 0.3) is 0 Å². The minimum atomic E-state index is 0.579. The Morgan fingerprint density at radius 1 is 1.44 bits per heavy atom. The Morgan fingerprint density at radius 3 is 2.88 bits per heavy atom. The fraction of sp³-hybridized carbons (Fsp3) is 0.538. The van der Waals surface area contributed by atoms with E-state index in [2.05, 4.69) is 18.3 Å². The van der Waals surface area contributed by atoms with Gasteiger partial charge in [-0.2, -0.15) is 0 Å². The number of nitrogens with two attached hydrogens (primary N) is 1. The molecule has 1 saturated heterocycles. The minimum absolute atomic E-state index is 0.579. The normalized spacial score (nSPS) is 15.9. The van der Waals surface area contributed by atoms with Crippen LogP contribution in [0.5, 0.6) is 5.75 Å². The lowest BCUT2D eigenvalue weighted by Gasteiger charge is -2.26. The first-order valence-electron chi connectivity index (χ1n) is 5.92. The molecule has 3 nitrogen and oxygen atoms in total. The number of ether oxygens (including phenoxy) is 1. The monoisotopic (exact) mass is 220 g/mol. The molecule has 1 heterocycles. The van der Waals surface area contributed by atoms with Crippen molar-refractivity contribution in [3.8, 4) is 5.75 Å². The maximum absolute atomic E-state index is 5.73. The third-order valence-electron chi connectivity index (χ3n) is 3.20. The second-order valence-corrected chi connectivity index (χ2v) is 4.45. The highest BCUT2D eigenvalue weighted by molar-refractivity contribution is 5.34. The van der Waals surface area contributed by atoms with E-state index in [1.807, 2.05) is 12.1 Å². The molecule has 1 aromatic carbocycles. The molecule has 2 rings (SSSR count). The van der Waals surface area contributed by atoms with E-state index >= 15 is 0 Å². The van der Waals surface area contributed by atoms with Crippen molar-refractivity contribution in [3.05, 3.63) is 29.3 Å². The summed E-state index contributed by atoms with van der Waals surface area (Å²) in [6.07, 6.45) is 1.14. The topological polar surface area (TPSA) is 47.3 Å².